The average Bonchev–Trinajstić information content (AvgIpc) is 3.08. The van der Waals surface area contributed by atoms with Crippen LogP contribution in [0.5, 0.6) is 0 Å². The smallest absolute Gasteiger partial charge is 0.365 e. The van der Waals surface area contributed by atoms with Gasteiger partial charge in [0.05, 0.1) is 18.7 Å². The molecule has 126 valence electrons. The topological polar surface area (TPSA) is 45.7 Å². The van der Waals surface area contributed by atoms with Crippen LogP contribution in [-0.2, 0) is 4.74 Å². The van der Waals surface area contributed by atoms with Crippen molar-refractivity contribution in [2.24, 2.45) is 0 Å². The summed E-state index contributed by atoms with van der Waals surface area (Å²) in [6.45, 7) is 1.26. The number of carbonyl (C=O) groups excluding carboxylic acids is 1. The Hall–Kier alpha value is -1.83. The summed E-state index contributed by atoms with van der Waals surface area (Å²) in [6.07, 6.45) is -2.88. The molecule has 3 rings (SSSR count). The molecule has 0 spiro atoms. The lowest BCUT2D eigenvalue weighted by molar-refractivity contribution is -0.221. The Morgan fingerprint density at radius 2 is 2.00 bits per heavy atom. The van der Waals surface area contributed by atoms with E-state index >= 15 is 0 Å². The molecule has 0 N–H and O–H groups in total. The molecule has 3 heterocycles. The highest BCUT2D eigenvalue weighted by Gasteiger charge is 2.44. The van der Waals surface area contributed by atoms with E-state index in [1.807, 2.05) is 0 Å². The minimum atomic E-state index is -4.42. The number of alkyl halides is 3. The van der Waals surface area contributed by atoms with E-state index in [4.69, 9.17) is 4.74 Å². The first-order valence-electron chi connectivity index (χ1n) is 7.64. The van der Waals surface area contributed by atoms with Crippen LogP contribution in [0.3, 0.4) is 0 Å². The lowest BCUT2D eigenvalue weighted by Crippen LogP contribution is -2.50. The molecule has 0 aromatic carbocycles. The zero-order valence-electron chi connectivity index (χ0n) is 12.6. The van der Waals surface area contributed by atoms with E-state index < -0.39 is 12.3 Å². The number of carbonyl (C=O) groups is 1. The highest BCUT2D eigenvalue weighted by molar-refractivity contribution is 5.99. The molecule has 8 heteroatoms. The van der Waals surface area contributed by atoms with Crippen LogP contribution in [-0.4, -0.2) is 60.9 Å². The van der Waals surface area contributed by atoms with Gasteiger partial charge in [-0.25, -0.2) is 4.98 Å². The number of nitrogens with zero attached hydrogens (tertiary/aromatic N) is 3. The predicted molar refractivity (Wildman–Crippen MR) is 77.4 cm³/mol. The van der Waals surface area contributed by atoms with Gasteiger partial charge in [-0.2, -0.15) is 13.2 Å². The number of anilines is 1. The Morgan fingerprint density at radius 3 is 2.70 bits per heavy atom. The van der Waals surface area contributed by atoms with Crippen molar-refractivity contribution in [3.8, 4) is 0 Å². The van der Waals surface area contributed by atoms with E-state index in [2.05, 4.69) is 4.98 Å². The Kier molecular flexibility index (Phi) is 4.43. The predicted octanol–water partition coefficient (Wildman–Crippen LogP) is 2.09. The number of hydrogen-bond acceptors (Lipinski definition) is 4. The van der Waals surface area contributed by atoms with Gasteiger partial charge in [0.2, 0.25) is 0 Å². The lowest BCUT2D eigenvalue weighted by Gasteiger charge is -2.35. The van der Waals surface area contributed by atoms with Crippen molar-refractivity contribution < 1.29 is 22.7 Å². The van der Waals surface area contributed by atoms with E-state index in [0.29, 0.717) is 24.5 Å². The van der Waals surface area contributed by atoms with Gasteiger partial charge in [-0.1, -0.05) is 0 Å². The Morgan fingerprint density at radius 1 is 1.26 bits per heavy atom. The minimum Gasteiger partial charge on any atom is -0.365 e. The largest absolute Gasteiger partial charge is 0.416 e. The summed E-state index contributed by atoms with van der Waals surface area (Å²) in [7, 11) is 0. The van der Waals surface area contributed by atoms with Crippen molar-refractivity contribution in [2.45, 2.75) is 25.1 Å². The molecule has 2 fully saturated rings. The van der Waals surface area contributed by atoms with Gasteiger partial charge in [0.25, 0.3) is 5.91 Å². The SMILES string of the molecule is O=C(c1cccnc1N1CCO[C@H](C(F)(F)F)C1)N1CCCC1. The van der Waals surface area contributed by atoms with Crippen LogP contribution in [0, 0.1) is 0 Å². The van der Waals surface area contributed by atoms with E-state index in [9.17, 15) is 18.0 Å². The van der Waals surface area contributed by atoms with Crippen molar-refractivity contribution >= 4 is 11.7 Å². The Balaban J connectivity index is 1.83. The van der Waals surface area contributed by atoms with Crippen molar-refractivity contribution in [1.82, 2.24) is 9.88 Å². The summed E-state index contributed by atoms with van der Waals surface area (Å²) >= 11 is 0. The maximum Gasteiger partial charge on any atom is 0.416 e. The molecule has 0 bridgehead atoms. The molecular weight excluding hydrogens is 311 g/mol. The molecule has 2 aliphatic heterocycles. The van der Waals surface area contributed by atoms with Crippen molar-refractivity contribution in [3.05, 3.63) is 23.9 Å². The first-order valence-corrected chi connectivity index (χ1v) is 7.64. The van der Waals surface area contributed by atoms with E-state index in [-0.39, 0.29) is 25.6 Å². The number of pyridine rings is 1. The normalized spacial score (nSPS) is 22.5. The third-order valence-electron chi connectivity index (χ3n) is 4.14. The molecule has 2 saturated heterocycles. The van der Waals surface area contributed by atoms with E-state index in [1.54, 1.807) is 17.0 Å². The third-order valence-corrected chi connectivity index (χ3v) is 4.14. The number of likely N-dealkylation sites (tertiary alicyclic amines) is 1. The highest BCUT2D eigenvalue weighted by atomic mass is 19.4. The molecule has 0 radical (unpaired) electrons. The van der Waals surface area contributed by atoms with E-state index in [1.165, 1.54) is 11.1 Å². The number of hydrogen-bond donors (Lipinski definition) is 0. The van der Waals surface area contributed by atoms with Crippen LogP contribution >= 0.6 is 0 Å². The molecule has 23 heavy (non-hydrogen) atoms. The van der Waals surface area contributed by atoms with Gasteiger partial charge in [-0.15, -0.1) is 0 Å². The fourth-order valence-electron chi connectivity index (χ4n) is 2.95. The van der Waals surface area contributed by atoms with Crippen LogP contribution < -0.4 is 4.90 Å². The van der Waals surface area contributed by atoms with Crippen molar-refractivity contribution in [1.29, 1.82) is 0 Å². The quantitative estimate of drug-likeness (QED) is 0.833. The molecule has 5 nitrogen and oxygen atoms in total. The summed E-state index contributed by atoms with van der Waals surface area (Å²) < 4.78 is 43.5. The highest BCUT2D eigenvalue weighted by Crippen LogP contribution is 2.29. The maximum atomic E-state index is 12.9. The third kappa shape index (κ3) is 3.41. The Labute approximate surface area is 132 Å². The average molecular weight is 329 g/mol. The number of ether oxygens (including phenoxy) is 1. The van der Waals surface area contributed by atoms with Crippen molar-refractivity contribution in [3.63, 3.8) is 0 Å². The van der Waals surface area contributed by atoms with Gasteiger partial charge < -0.3 is 14.5 Å². The zero-order chi connectivity index (χ0) is 16.4. The summed E-state index contributed by atoms with van der Waals surface area (Å²) in [5.41, 5.74) is 0.359. The number of rotatable bonds is 2. The van der Waals surface area contributed by atoms with Crippen LogP contribution in [0.15, 0.2) is 18.3 Å². The Bertz CT molecular complexity index is 573. The number of aromatic nitrogens is 1. The van der Waals surface area contributed by atoms with Gasteiger partial charge in [0.1, 0.15) is 5.82 Å². The molecule has 0 aliphatic carbocycles. The molecule has 1 aromatic heterocycles. The molecule has 1 aromatic rings. The molecule has 1 atom stereocenters. The lowest BCUT2D eigenvalue weighted by atomic mass is 10.2. The second-order valence-corrected chi connectivity index (χ2v) is 5.72. The number of morpholine rings is 1. The van der Waals surface area contributed by atoms with Crippen LogP contribution in [0.4, 0.5) is 19.0 Å². The van der Waals surface area contributed by atoms with Crippen LogP contribution in [0.2, 0.25) is 0 Å². The molecule has 0 saturated carbocycles. The van der Waals surface area contributed by atoms with Gasteiger partial charge in [-0.05, 0) is 25.0 Å². The second kappa shape index (κ2) is 6.35. The zero-order valence-corrected chi connectivity index (χ0v) is 12.6. The number of halogens is 3. The first-order chi connectivity index (χ1) is 11.0. The van der Waals surface area contributed by atoms with Gasteiger partial charge in [0, 0.05) is 25.8 Å². The van der Waals surface area contributed by atoms with Crippen LogP contribution in [0.1, 0.15) is 23.2 Å². The summed E-state index contributed by atoms with van der Waals surface area (Å²) in [5, 5.41) is 0. The summed E-state index contributed by atoms with van der Waals surface area (Å²) in [6, 6.07) is 3.26. The molecule has 1 amide bonds. The second-order valence-electron chi connectivity index (χ2n) is 5.72. The molecule has 0 unspecified atom stereocenters. The van der Waals surface area contributed by atoms with Crippen LogP contribution in [0.25, 0.3) is 0 Å². The number of amides is 1. The molecule has 2 aliphatic rings. The first kappa shape index (κ1) is 16.0. The summed E-state index contributed by atoms with van der Waals surface area (Å²) in [4.78, 5) is 20.0. The standard InChI is InChI=1S/C15H18F3N3O2/c16-15(17,18)12-10-21(8-9-23-12)13-11(4-3-5-19-13)14(22)20-6-1-2-7-20/h3-5,12H,1-2,6-10H2/t12-/m0/s1. The maximum absolute atomic E-state index is 12.9. The van der Waals surface area contributed by atoms with Gasteiger partial charge in [0.15, 0.2) is 6.10 Å². The summed E-state index contributed by atoms with van der Waals surface area (Å²) in [5.74, 6) is 0.141. The van der Waals surface area contributed by atoms with Gasteiger partial charge in [-0.3, -0.25) is 4.79 Å². The fraction of sp³-hybridized carbons (Fsp3) is 0.600. The minimum absolute atomic E-state index is 0.0436. The monoisotopic (exact) mass is 329 g/mol. The molecular formula is C15H18F3N3O2. The fourth-order valence-corrected chi connectivity index (χ4v) is 2.95. The van der Waals surface area contributed by atoms with E-state index in [0.717, 1.165) is 12.8 Å². The van der Waals surface area contributed by atoms with Gasteiger partial charge >= 0.3 is 6.18 Å². The van der Waals surface area contributed by atoms with Crippen molar-refractivity contribution in [2.75, 3.05) is 37.7 Å².